The molecule has 112 valence electrons. The molecule has 0 fully saturated rings. The Balaban J connectivity index is 2.19. The summed E-state index contributed by atoms with van der Waals surface area (Å²) in [5.74, 6) is 1.50. The maximum atomic E-state index is 5.91. The maximum absolute atomic E-state index is 5.91. The number of ether oxygens (including phenoxy) is 1. The molecule has 0 unspecified atom stereocenters. The van der Waals surface area contributed by atoms with Crippen molar-refractivity contribution in [3.8, 4) is 11.6 Å². The molecule has 3 heteroatoms. The molecule has 0 aliphatic heterocycles. The summed E-state index contributed by atoms with van der Waals surface area (Å²) >= 11 is 0. The van der Waals surface area contributed by atoms with Gasteiger partial charge in [0.2, 0.25) is 5.88 Å². The molecule has 1 heterocycles. The predicted molar refractivity (Wildman–Crippen MR) is 86.8 cm³/mol. The van der Waals surface area contributed by atoms with E-state index in [0.29, 0.717) is 11.9 Å². The number of hydrogen-bond donors (Lipinski definition) is 1. The van der Waals surface area contributed by atoms with Crippen LogP contribution in [0.15, 0.2) is 36.4 Å². The number of nitrogens with zero attached hydrogens (tertiary/aromatic N) is 1. The lowest BCUT2D eigenvalue weighted by molar-refractivity contribution is 0.458. The highest BCUT2D eigenvalue weighted by atomic mass is 16.5. The maximum Gasteiger partial charge on any atom is 0.219 e. The lowest BCUT2D eigenvalue weighted by Crippen LogP contribution is -2.22. The lowest BCUT2D eigenvalue weighted by atomic mass is 10.2. The second kappa shape index (κ2) is 7.23. The van der Waals surface area contributed by atoms with Crippen LogP contribution in [0.25, 0.3) is 0 Å². The molecule has 0 saturated carbocycles. The third-order valence-corrected chi connectivity index (χ3v) is 3.20. The van der Waals surface area contributed by atoms with E-state index in [9.17, 15) is 0 Å². The highest BCUT2D eigenvalue weighted by Gasteiger charge is 2.05. The summed E-state index contributed by atoms with van der Waals surface area (Å²) < 4.78 is 5.91. The minimum Gasteiger partial charge on any atom is -0.439 e. The zero-order valence-electron chi connectivity index (χ0n) is 13.3. The van der Waals surface area contributed by atoms with Crippen LogP contribution >= 0.6 is 0 Å². The molecule has 0 amide bonds. The number of nitrogens with one attached hydrogen (secondary N) is 1. The van der Waals surface area contributed by atoms with Crippen molar-refractivity contribution in [2.45, 2.75) is 46.7 Å². The SMILES string of the molecule is CCc1cc(CNC(C)C)cc(Oc2cccc(C)c2)n1. The second-order valence-electron chi connectivity index (χ2n) is 5.61. The Labute approximate surface area is 127 Å². The number of aromatic nitrogens is 1. The first-order valence-electron chi connectivity index (χ1n) is 7.54. The third kappa shape index (κ3) is 4.87. The third-order valence-electron chi connectivity index (χ3n) is 3.20. The summed E-state index contributed by atoms with van der Waals surface area (Å²) in [6.07, 6.45) is 0.902. The summed E-state index contributed by atoms with van der Waals surface area (Å²) in [5.41, 5.74) is 3.44. The Kier molecular flexibility index (Phi) is 5.34. The van der Waals surface area contributed by atoms with Gasteiger partial charge in [-0.15, -0.1) is 0 Å². The molecule has 1 N–H and O–H groups in total. The van der Waals surface area contributed by atoms with Crippen LogP contribution in [0, 0.1) is 6.92 Å². The average molecular weight is 284 g/mol. The largest absolute Gasteiger partial charge is 0.439 e. The molecule has 2 aromatic rings. The molecular formula is C18H24N2O. The summed E-state index contributed by atoms with van der Waals surface area (Å²) in [6.45, 7) is 9.29. The average Bonchev–Trinajstić information content (AvgIpc) is 2.45. The van der Waals surface area contributed by atoms with Gasteiger partial charge < -0.3 is 10.1 Å². The minimum atomic E-state index is 0.462. The van der Waals surface area contributed by atoms with E-state index >= 15 is 0 Å². The van der Waals surface area contributed by atoms with E-state index in [1.54, 1.807) is 0 Å². The molecule has 2 rings (SSSR count). The number of hydrogen-bond acceptors (Lipinski definition) is 3. The lowest BCUT2D eigenvalue weighted by Gasteiger charge is -2.12. The van der Waals surface area contributed by atoms with Crippen LogP contribution in [0.1, 0.15) is 37.6 Å². The Morgan fingerprint density at radius 2 is 2.00 bits per heavy atom. The summed E-state index contributed by atoms with van der Waals surface area (Å²) in [7, 11) is 0. The molecular weight excluding hydrogens is 260 g/mol. The van der Waals surface area contributed by atoms with Gasteiger partial charge in [-0.1, -0.05) is 32.9 Å². The van der Waals surface area contributed by atoms with Crippen LogP contribution < -0.4 is 10.1 Å². The second-order valence-corrected chi connectivity index (χ2v) is 5.61. The molecule has 0 spiro atoms. The first-order valence-corrected chi connectivity index (χ1v) is 7.54. The van der Waals surface area contributed by atoms with Crippen molar-refractivity contribution < 1.29 is 4.74 Å². The summed E-state index contributed by atoms with van der Waals surface area (Å²) in [6, 6.07) is 12.6. The molecule has 0 saturated heterocycles. The molecule has 0 radical (unpaired) electrons. The number of aryl methyl sites for hydroxylation is 2. The van der Waals surface area contributed by atoms with Crippen LogP contribution in [0.2, 0.25) is 0 Å². The van der Waals surface area contributed by atoms with Gasteiger partial charge in [0.15, 0.2) is 0 Å². The smallest absolute Gasteiger partial charge is 0.219 e. The van der Waals surface area contributed by atoms with Crippen molar-refractivity contribution in [3.05, 3.63) is 53.2 Å². The first kappa shape index (κ1) is 15.5. The standard InChI is InChI=1S/C18H24N2O/c1-5-16-10-15(12-19-13(2)3)11-18(20-16)21-17-8-6-7-14(4)9-17/h6-11,13,19H,5,12H2,1-4H3. The fourth-order valence-electron chi connectivity index (χ4n) is 2.08. The van der Waals surface area contributed by atoms with E-state index < -0.39 is 0 Å². The van der Waals surface area contributed by atoms with Gasteiger partial charge in [0.05, 0.1) is 0 Å². The van der Waals surface area contributed by atoms with Crippen molar-refractivity contribution in [1.82, 2.24) is 10.3 Å². The molecule has 1 aromatic heterocycles. The Hall–Kier alpha value is -1.87. The normalized spacial score (nSPS) is 10.9. The number of pyridine rings is 1. The number of rotatable bonds is 6. The van der Waals surface area contributed by atoms with Crippen molar-refractivity contribution in [2.75, 3.05) is 0 Å². The molecule has 3 nitrogen and oxygen atoms in total. The topological polar surface area (TPSA) is 34.1 Å². The Bertz CT molecular complexity index is 594. The predicted octanol–water partition coefficient (Wildman–Crippen LogP) is 4.24. The van der Waals surface area contributed by atoms with Crippen molar-refractivity contribution >= 4 is 0 Å². The van der Waals surface area contributed by atoms with E-state index in [1.165, 1.54) is 11.1 Å². The fraction of sp³-hybridized carbons (Fsp3) is 0.389. The van der Waals surface area contributed by atoms with Crippen LogP contribution in [-0.4, -0.2) is 11.0 Å². The van der Waals surface area contributed by atoms with Gasteiger partial charge in [-0.05, 0) is 42.7 Å². The quantitative estimate of drug-likeness (QED) is 0.861. The van der Waals surface area contributed by atoms with Crippen LogP contribution in [0.5, 0.6) is 11.6 Å². The monoisotopic (exact) mass is 284 g/mol. The Morgan fingerprint density at radius 1 is 1.19 bits per heavy atom. The van der Waals surface area contributed by atoms with Gasteiger partial charge in [0, 0.05) is 24.3 Å². The van der Waals surface area contributed by atoms with Crippen molar-refractivity contribution in [1.29, 1.82) is 0 Å². The molecule has 0 aliphatic carbocycles. The van der Waals surface area contributed by atoms with Gasteiger partial charge in [-0.2, -0.15) is 0 Å². The molecule has 0 bridgehead atoms. The van der Waals surface area contributed by atoms with Gasteiger partial charge >= 0.3 is 0 Å². The summed E-state index contributed by atoms with van der Waals surface area (Å²) in [4.78, 5) is 4.55. The van der Waals surface area contributed by atoms with Crippen LogP contribution in [-0.2, 0) is 13.0 Å². The van der Waals surface area contributed by atoms with Crippen molar-refractivity contribution in [3.63, 3.8) is 0 Å². The summed E-state index contributed by atoms with van der Waals surface area (Å²) in [5, 5.41) is 3.43. The van der Waals surface area contributed by atoms with Crippen LogP contribution in [0.3, 0.4) is 0 Å². The van der Waals surface area contributed by atoms with E-state index in [4.69, 9.17) is 4.74 Å². The highest BCUT2D eigenvalue weighted by Crippen LogP contribution is 2.22. The Morgan fingerprint density at radius 3 is 2.67 bits per heavy atom. The highest BCUT2D eigenvalue weighted by molar-refractivity contribution is 5.33. The zero-order valence-corrected chi connectivity index (χ0v) is 13.3. The number of benzene rings is 1. The molecule has 1 aromatic carbocycles. The van der Waals surface area contributed by atoms with E-state index in [1.807, 2.05) is 24.3 Å². The van der Waals surface area contributed by atoms with Gasteiger partial charge in [-0.25, -0.2) is 4.98 Å². The van der Waals surface area contributed by atoms with Crippen molar-refractivity contribution in [2.24, 2.45) is 0 Å². The van der Waals surface area contributed by atoms with E-state index in [0.717, 1.165) is 24.4 Å². The molecule has 0 aliphatic rings. The van der Waals surface area contributed by atoms with Gasteiger partial charge in [0.1, 0.15) is 5.75 Å². The van der Waals surface area contributed by atoms with Gasteiger partial charge in [-0.3, -0.25) is 0 Å². The first-order chi connectivity index (χ1) is 10.1. The van der Waals surface area contributed by atoms with E-state index in [2.05, 4.69) is 50.1 Å². The van der Waals surface area contributed by atoms with Gasteiger partial charge in [0.25, 0.3) is 0 Å². The van der Waals surface area contributed by atoms with E-state index in [-0.39, 0.29) is 0 Å². The van der Waals surface area contributed by atoms with Crippen LogP contribution in [0.4, 0.5) is 0 Å². The zero-order chi connectivity index (χ0) is 15.2. The molecule has 21 heavy (non-hydrogen) atoms. The fourth-order valence-corrected chi connectivity index (χ4v) is 2.08. The minimum absolute atomic E-state index is 0.462. The molecule has 0 atom stereocenters.